The molecule has 2 aromatic carbocycles. The van der Waals surface area contributed by atoms with Crippen molar-refractivity contribution in [3.8, 4) is 11.1 Å². The van der Waals surface area contributed by atoms with Crippen molar-refractivity contribution in [2.75, 3.05) is 0 Å². The molecule has 1 fully saturated rings. The van der Waals surface area contributed by atoms with Crippen LogP contribution in [-0.2, 0) is 6.54 Å². The fraction of sp³-hybridized carbons (Fsp3) is 0.250. The zero-order chi connectivity index (χ0) is 11.5. The lowest BCUT2D eigenvalue weighted by Gasteiger charge is -2.06. The second-order valence-corrected chi connectivity index (χ2v) is 4.62. The van der Waals surface area contributed by atoms with Gasteiger partial charge in [-0.3, -0.25) is 0 Å². The summed E-state index contributed by atoms with van der Waals surface area (Å²) < 4.78 is 0. The molecule has 0 unspecified atom stereocenters. The van der Waals surface area contributed by atoms with Gasteiger partial charge >= 0.3 is 0 Å². The molecule has 0 aliphatic heterocycles. The van der Waals surface area contributed by atoms with Gasteiger partial charge in [-0.25, -0.2) is 0 Å². The van der Waals surface area contributed by atoms with E-state index in [2.05, 4.69) is 47.8 Å². The van der Waals surface area contributed by atoms with E-state index in [9.17, 15) is 0 Å². The van der Waals surface area contributed by atoms with E-state index in [1.807, 2.05) is 12.1 Å². The van der Waals surface area contributed by atoms with Crippen LogP contribution in [0.25, 0.3) is 11.1 Å². The van der Waals surface area contributed by atoms with Crippen LogP contribution in [0.2, 0.25) is 0 Å². The number of hydrogen-bond acceptors (Lipinski definition) is 1. The van der Waals surface area contributed by atoms with Gasteiger partial charge in [0.25, 0.3) is 0 Å². The lowest BCUT2D eigenvalue weighted by molar-refractivity contribution is 0.687. The first-order chi connectivity index (χ1) is 8.42. The van der Waals surface area contributed by atoms with Gasteiger partial charge in [-0.15, -0.1) is 0 Å². The van der Waals surface area contributed by atoms with Crippen molar-refractivity contribution in [2.45, 2.75) is 25.4 Å². The summed E-state index contributed by atoms with van der Waals surface area (Å²) in [7, 11) is 0. The van der Waals surface area contributed by atoms with E-state index in [-0.39, 0.29) is 0 Å². The van der Waals surface area contributed by atoms with E-state index in [0.29, 0.717) is 0 Å². The van der Waals surface area contributed by atoms with E-state index in [1.54, 1.807) is 0 Å². The van der Waals surface area contributed by atoms with E-state index in [0.717, 1.165) is 12.6 Å². The highest BCUT2D eigenvalue weighted by Crippen LogP contribution is 2.22. The highest BCUT2D eigenvalue weighted by Gasteiger charge is 2.19. The molecule has 2 aromatic rings. The fourth-order valence-corrected chi connectivity index (χ4v) is 1.97. The Bertz CT molecular complexity index is 486. The van der Waals surface area contributed by atoms with Crippen molar-refractivity contribution in [3.63, 3.8) is 0 Å². The Balaban J connectivity index is 1.78. The number of rotatable bonds is 4. The predicted molar refractivity (Wildman–Crippen MR) is 70.6 cm³/mol. The lowest BCUT2D eigenvalue weighted by atomic mass is 10.0. The summed E-state index contributed by atoms with van der Waals surface area (Å²) in [5, 5.41) is 3.52. The molecule has 1 nitrogen and oxygen atoms in total. The average Bonchev–Trinajstić information content (AvgIpc) is 3.22. The third-order valence-corrected chi connectivity index (χ3v) is 3.13. The first kappa shape index (κ1) is 10.5. The van der Waals surface area contributed by atoms with Crippen LogP contribution in [-0.4, -0.2) is 6.04 Å². The summed E-state index contributed by atoms with van der Waals surface area (Å²) in [6, 6.07) is 20.9. The minimum atomic E-state index is 0.754. The lowest BCUT2D eigenvalue weighted by Crippen LogP contribution is -2.15. The van der Waals surface area contributed by atoms with Crippen LogP contribution < -0.4 is 5.32 Å². The molecular weight excluding hydrogens is 206 g/mol. The molecule has 17 heavy (non-hydrogen) atoms. The van der Waals surface area contributed by atoms with Gasteiger partial charge in [0.15, 0.2) is 0 Å². The monoisotopic (exact) mass is 222 g/mol. The normalized spacial score (nSPS) is 14.8. The van der Waals surface area contributed by atoms with Crippen LogP contribution in [0.1, 0.15) is 18.4 Å². The van der Waals surface area contributed by atoms with Crippen LogP contribution >= 0.6 is 0 Å². The van der Waals surface area contributed by atoms with Crippen molar-refractivity contribution in [2.24, 2.45) is 0 Å². The number of benzene rings is 2. The molecule has 3 rings (SSSR count). The highest BCUT2D eigenvalue weighted by atomic mass is 14.9. The van der Waals surface area contributed by atoms with Crippen molar-refractivity contribution in [3.05, 3.63) is 60.2 Å². The van der Waals surface area contributed by atoms with Crippen molar-refractivity contribution < 1.29 is 0 Å². The molecule has 0 saturated heterocycles. The molecule has 1 aliphatic rings. The summed E-state index contributed by atoms with van der Waals surface area (Å²) in [6.45, 7) is 0.936. The van der Waals surface area contributed by atoms with E-state index >= 15 is 0 Å². The summed E-state index contributed by atoms with van der Waals surface area (Å²) in [5.74, 6) is 0. The molecule has 0 aromatic heterocycles. The second kappa shape index (κ2) is 4.72. The van der Waals surface area contributed by atoms with Gasteiger partial charge in [-0.2, -0.15) is 0 Å². The fourth-order valence-electron chi connectivity index (χ4n) is 1.97. The maximum atomic E-state index is 3.52. The zero-order valence-electron chi connectivity index (χ0n) is 9.82. The third-order valence-electron chi connectivity index (χ3n) is 3.13. The molecule has 85 valence electrons. The molecule has 1 radical (unpaired) electrons. The topological polar surface area (TPSA) is 12.0 Å². The van der Waals surface area contributed by atoms with Gasteiger partial charge in [-0.1, -0.05) is 42.5 Å². The minimum absolute atomic E-state index is 0.754. The molecule has 1 saturated carbocycles. The smallest absolute Gasteiger partial charge is 0.0214 e. The standard InChI is InChI=1S/C16H16N/c1-2-6-14(7-3-1)15-8-4-5-13(11-15)12-17-16-9-10-16/h1-4,6-8,11,16-17H,9-10,12H2. The Labute approximate surface area is 102 Å². The van der Waals surface area contributed by atoms with Crippen molar-refractivity contribution in [1.29, 1.82) is 0 Å². The first-order valence-electron chi connectivity index (χ1n) is 6.21. The maximum absolute atomic E-state index is 3.52. The minimum Gasteiger partial charge on any atom is -0.310 e. The summed E-state index contributed by atoms with van der Waals surface area (Å²) in [4.78, 5) is 0. The molecular formula is C16H16N. The molecule has 0 spiro atoms. The summed E-state index contributed by atoms with van der Waals surface area (Å²) in [6.07, 6.45) is 2.66. The molecule has 0 heterocycles. The molecule has 0 bridgehead atoms. The first-order valence-corrected chi connectivity index (χ1v) is 6.21. The Morgan fingerprint density at radius 2 is 1.88 bits per heavy atom. The van der Waals surface area contributed by atoms with Gasteiger partial charge in [-0.05, 0) is 41.7 Å². The Hall–Kier alpha value is -1.60. The van der Waals surface area contributed by atoms with E-state index in [4.69, 9.17) is 0 Å². The molecule has 1 aliphatic carbocycles. The highest BCUT2D eigenvalue weighted by molar-refractivity contribution is 5.63. The molecule has 1 N–H and O–H groups in total. The molecule has 1 heteroatoms. The van der Waals surface area contributed by atoms with Gasteiger partial charge in [0.2, 0.25) is 0 Å². The molecule has 0 atom stereocenters. The zero-order valence-corrected chi connectivity index (χ0v) is 9.82. The SMILES string of the molecule is [c]1ccc(-c2ccccc2)cc1CNC1CC1. The maximum Gasteiger partial charge on any atom is 0.0214 e. The van der Waals surface area contributed by atoms with Crippen molar-refractivity contribution >= 4 is 0 Å². The largest absolute Gasteiger partial charge is 0.310 e. The van der Waals surface area contributed by atoms with E-state index in [1.165, 1.54) is 29.5 Å². The van der Waals surface area contributed by atoms with Crippen LogP contribution in [0.5, 0.6) is 0 Å². The second-order valence-electron chi connectivity index (χ2n) is 4.62. The molecule has 0 amide bonds. The van der Waals surface area contributed by atoms with Gasteiger partial charge < -0.3 is 5.32 Å². The van der Waals surface area contributed by atoms with Gasteiger partial charge in [0.05, 0.1) is 0 Å². The number of hydrogen-bond donors (Lipinski definition) is 1. The van der Waals surface area contributed by atoms with Gasteiger partial charge in [0, 0.05) is 12.6 Å². The Morgan fingerprint density at radius 1 is 1.06 bits per heavy atom. The quantitative estimate of drug-likeness (QED) is 0.836. The van der Waals surface area contributed by atoms with Crippen molar-refractivity contribution in [1.82, 2.24) is 5.32 Å². The summed E-state index contributed by atoms with van der Waals surface area (Å²) in [5.41, 5.74) is 3.80. The number of nitrogens with one attached hydrogen (secondary N) is 1. The van der Waals surface area contributed by atoms with Crippen LogP contribution in [0.4, 0.5) is 0 Å². The van der Waals surface area contributed by atoms with Gasteiger partial charge in [0.1, 0.15) is 0 Å². The van der Waals surface area contributed by atoms with E-state index < -0.39 is 0 Å². The Kier molecular flexibility index (Phi) is 2.93. The summed E-state index contributed by atoms with van der Waals surface area (Å²) >= 11 is 0. The Morgan fingerprint density at radius 3 is 2.65 bits per heavy atom. The van der Waals surface area contributed by atoms with Crippen LogP contribution in [0.15, 0.2) is 48.5 Å². The van der Waals surface area contributed by atoms with Crippen LogP contribution in [0.3, 0.4) is 0 Å². The third kappa shape index (κ3) is 2.75. The average molecular weight is 222 g/mol. The van der Waals surface area contributed by atoms with Crippen LogP contribution in [0, 0.1) is 6.07 Å². The predicted octanol–water partition coefficient (Wildman–Crippen LogP) is 3.41.